The van der Waals surface area contributed by atoms with Crippen LogP contribution >= 0.6 is 0 Å². The van der Waals surface area contributed by atoms with Crippen LogP contribution in [-0.2, 0) is 23.7 Å². The highest BCUT2D eigenvalue weighted by molar-refractivity contribution is 5.85. The summed E-state index contributed by atoms with van der Waals surface area (Å²) in [7, 11) is 1.62. The summed E-state index contributed by atoms with van der Waals surface area (Å²) in [5.41, 5.74) is 0.0655. The van der Waals surface area contributed by atoms with Crippen molar-refractivity contribution in [3.8, 4) is 0 Å². The first-order valence-electron chi connectivity index (χ1n) is 7.49. The first kappa shape index (κ1) is 14.4. The number of carbonyl (C=O) groups is 1. The molecule has 2 aliphatic carbocycles. The summed E-state index contributed by atoms with van der Waals surface area (Å²) >= 11 is 0. The maximum atomic E-state index is 12.4. The van der Waals surface area contributed by atoms with Crippen molar-refractivity contribution in [2.45, 2.75) is 38.4 Å². The molecule has 5 heteroatoms. The highest BCUT2D eigenvalue weighted by Gasteiger charge is 2.63. The first-order chi connectivity index (χ1) is 9.62. The standard InChI is InChI=1S/C15H24O5/c1-11-7-15(19-5-6-20-15)12-8-14(11,9-13(12)16)3-4-18-10-17-2/h11-12H,3-10H2,1-2H3/t11-,12-,14+/m0/s1. The summed E-state index contributed by atoms with van der Waals surface area (Å²) in [5, 5.41) is 0. The van der Waals surface area contributed by atoms with Crippen LogP contribution in [0.1, 0.15) is 32.6 Å². The molecule has 3 aliphatic rings. The Morgan fingerprint density at radius 3 is 2.75 bits per heavy atom. The second-order valence-corrected chi connectivity index (χ2v) is 6.44. The van der Waals surface area contributed by atoms with Crippen LogP contribution in [0.25, 0.3) is 0 Å². The van der Waals surface area contributed by atoms with E-state index in [1.165, 1.54) is 0 Å². The molecule has 0 aromatic heterocycles. The molecular weight excluding hydrogens is 260 g/mol. The van der Waals surface area contributed by atoms with Crippen LogP contribution in [0.3, 0.4) is 0 Å². The van der Waals surface area contributed by atoms with E-state index in [-0.39, 0.29) is 11.3 Å². The highest BCUT2D eigenvalue weighted by Crippen LogP contribution is 2.60. The number of methoxy groups -OCH3 is 1. The topological polar surface area (TPSA) is 54.0 Å². The van der Waals surface area contributed by atoms with E-state index in [9.17, 15) is 4.79 Å². The van der Waals surface area contributed by atoms with Crippen molar-refractivity contribution < 1.29 is 23.7 Å². The molecule has 1 heterocycles. The van der Waals surface area contributed by atoms with Gasteiger partial charge in [0.15, 0.2) is 5.79 Å². The second-order valence-electron chi connectivity index (χ2n) is 6.44. The van der Waals surface area contributed by atoms with Crippen molar-refractivity contribution in [1.29, 1.82) is 0 Å². The maximum absolute atomic E-state index is 12.4. The number of ether oxygens (including phenoxy) is 4. The molecule has 3 fully saturated rings. The van der Waals surface area contributed by atoms with Gasteiger partial charge in [-0.2, -0.15) is 0 Å². The van der Waals surface area contributed by atoms with E-state index in [4.69, 9.17) is 18.9 Å². The van der Waals surface area contributed by atoms with Crippen molar-refractivity contribution in [2.75, 3.05) is 33.7 Å². The van der Waals surface area contributed by atoms with Crippen molar-refractivity contribution in [1.82, 2.24) is 0 Å². The lowest BCUT2D eigenvalue weighted by Gasteiger charge is -2.45. The van der Waals surface area contributed by atoms with E-state index in [2.05, 4.69) is 6.92 Å². The van der Waals surface area contributed by atoms with Gasteiger partial charge >= 0.3 is 0 Å². The summed E-state index contributed by atoms with van der Waals surface area (Å²) in [4.78, 5) is 12.4. The number of fused-ring (bicyclic) bond motifs is 3. The van der Waals surface area contributed by atoms with Gasteiger partial charge in [0.1, 0.15) is 12.6 Å². The largest absolute Gasteiger partial charge is 0.359 e. The highest BCUT2D eigenvalue weighted by atomic mass is 16.7. The van der Waals surface area contributed by atoms with Crippen LogP contribution in [0, 0.1) is 17.3 Å². The third-order valence-electron chi connectivity index (χ3n) is 5.41. The lowest BCUT2D eigenvalue weighted by molar-refractivity contribution is -0.224. The smallest absolute Gasteiger partial charge is 0.178 e. The minimum absolute atomic E-state index is 0.0655. The van der Waals surface area contributed by atoms with Crippen LogP contribution in [0.4, 0.5) is 0 Å². The molecule has 0 aromatic carbocycles. The predicted octanol–water partition coefficient (Wildman–Crippen LogP) is 1.75. The molecule has 20 heavy (non-hydrogen) atoms. The summed E-state index contributed by atoms with van der Waals surface area (Å²) in [6, 6.07) is 0. The van der Waals surface area contributed by atoms with E-state index < -0.39 is 5.79 Å². The monoisotopic (exact) mass is 284 g/mol. The van der Waals surface area contributed by atoms with Gasteiger partial charge in [-0.25, -0.2) is 0 Å². The molecule has 114 valence electrons. The van der Waals surface area contributed by atoms with Crippen molar-refractivity contribution in [3.63, 3.8) is 0 Å². The van der Waals surface area contributed by atoms with Gasteiger partial charge in [-0.05, 0) is 24.2 Å². The maximum Gasteiger partial charge on any atom is 0.178 e. The summed E-state index contributed by atoms with van der Waals surface area (Å²) in [6.07, 6.45) is 3.26. The summed E-state index contributed by atoms with van der Waals surface area (Å²) in [6.45, 7) is 4.41. The Kier molecular flexibility index (Phi) is 3.88. The second kappa shape index (κ2) is 5.37. The lowest BCUT2D eigenvalue weighted by Crippen LogP contribution is -2.48. The first-order valence-corrected chi connectivity index (χ1v) is 7.49. The van der Waals surface area contributed by atoms with Gasteiger partial charge in [0.2, 0.25) is 0 Å². The zero-order chi connectivity index (χ0) is 14.2. The Morgan fingerprint density at radius 2 is 2.05 bits per heavy atom. The number of rotatable bonds is 5. The minimum Gasteiger partial charge on any atom is -0.359 e. The molecule has 3 rings (SSSR count). The van der Waals surface area contributed by atoms with Crippen LogP contribution in [-0.4, -0.2) is 45.3 Å². The number of Topliss-reactive ketones (excluding diaryl/α,β-unsaturated/α-hetero) is 1. The average molecular weight is 284 g/mol. The molecule has 2 saturated carbocycles. The van der Waals surface area contributed by atoms with E-state index >= 15 is 0 Å². The molecule has 0 radical (unpaired) electrons. The molecule has 0 aromatic rings. The Morgan fingerprint density at radius 1 is 1.30 bits per heavy atom. The molecule has 5 nitrogen and oxygen atoms in total. The SMILES string of the molecule is COCOCC[C@]12CC(=O)[C@H](C1)C1(C[C@@H]2C)OCCO1. The quantitative estimate of drug-likeness (QED) is 0.568. The third kappa shape index (κ3) is 2.21. The average Bonchev–Trinajstić information content (AvgIpc) is 2.99. The van der Waals surface area contributed by atoms with Crippen molar-refractivity contribution in [2.24, 2.45) is 17.3 Å². The summed E-state index contributed by atoms with van der Waals surface area (Å²) in [5.74, 6) is 0.0187. The molecule has 3 atom stereocenters. The van der Waals surface area contributed by atoms with Gasteiger partial charge < -0.3 is 18.9 Å². The Hall–Kier alpha value is -0.490. The van der Waals surface area contributed by atoms with Gasteiger partial charge in [-0.1, -0.05) is 6.92 Å². The third-order valence-corrected chi connectivity index (χ3v) is 5.41. The number of ketones is 1. The molecule has 1 saturated heterocycles. The van der Waals surface area contributed by atoms with Crippen LogP contribution in [0.2, 0.25) is 0 Å². The van der Waals surface area contributed by atoms with E-state index in [1.54, 1.807) is 7.11 Å². The van der Waals surface area contributed by atoms with Crippen molar-refractivity contribution >= 4 is 5.78 Å². The minimum atomic E-state index is -0.621. The van der Waals surface area contributed by atoms with Gasteiger partial charge in [-0.15, -0.1) is 0 Å². The zero-order valence-corrected chi connectivity index (χ0v) is 12.4. The molecule has 2 bridgehead atoms. The van der Waals surface area contributed by atoms with Gasteiger partial charge in [-0.3, -0.25) is 4.79 Å². The van der Waals surface area contributed by atoms with Gasteiger partial charge in [0.25, 0.3) is 0 Å². The number of hydrogen-bond donors (Lipinski definition) is 0. The van der Waals surface area contributed by atoms with Gasteiger partial charge in [0, 0.05) is 26.6 Å². The Bertz CT molecular complexity index is 376. The Balaban J connectivity index is 1.71. The fourth-order valence-electron chi connectivity index (χ4n) is 4.27. The molecule has 1 aliphatic heterocycles. The van der Waals surface area contributed by atoms with Crippen LogP contribution in [0.5, 0.6) is 0 Å². The molecule has 1 spiro atoms. The lowest BCUT2D eigenvalue weighted by atomic mass is 9.64. The van der Waals surface area contributed by atoms with Crippen LogP contribution < -0.4 is 0 Å². The zero-order valence-electron chi connectivity index (χ0n) is 12.4. The van der Waals surface area contributed by atoms with Gasteiger partial charge in [0.05, 0.1) is 19.1 Å². The molecule has 0 N–H and O–H groups in total. The predicted molar refractivity (Wildman–Crippen MR) is 71.0 cm³/mol. The molecule has 0 unspecified atom stereocenters. The fourth-order valence-corrected chi connectivity index (χ4v) is 4.27. The Labute approximate surface area is 119 Å². The van der Waals surface area contributed by atoms with Crippen molar-refractivity contribution in [3.05, 3.63) is 0 Å². The van der Waals surface area contributed by atoms with E-state index in [1.807, 2.05) is 0 Å². The fraction of sp³-hybridized carbons (Fsp3) is 0.933. The van der Waals surface area contributed by atoms with E-state index in [0.29, 0.717) is 44.7 Å². The molecular formula is C15H24O5. The van der Waals surface area contributed by atoms with E-state index in [0.717, 1.165) is 19.3 Å². The molecule has 0 amide bonds. The van der Waals surface area contributed by atoms with Crippen LogP contribution in [0.15, 0.2) is 0 Å². The summed E-state index contributed by atoms with van der Waals surface area (Å²) < 4.78 is 22.0. The number of carbonyl (C=O) groups excluding carboxylic acids is 1. The number of hydrogen-bond acceptors (Lipinski definition) is 5. The normalized spacial score (nSPS) is 38.8.